The number of hydrogen-bond donors (Lipinski definition) is 0. The van der Waals surface area contributed by atoms with E-state index in [0.717, 1.165) is 11.1 Å². The van der Waals surface area contributed by atoms with E-state index in [1.807, 2.05) is 67.1 Å². The van der Waals surface area contributed by atoms with Crippen LogP contribution in [0.1, 0.15) is 20.1 Å². The lowest BCUT2D eigenvalue weighted by Gasteiger charge is -2.38. The Morgan fingerprint density at radius 2 is 1.74 bits per heavy atom. The first-order chi connectivity index (χ1) is 14.8. The smallest absolute Gasteiger partial charge is 0.409 e. The predicted molar refractivity (Wildman–Crippen MR) is 125 cm³/mol. The largest absolute Gasteiger partial charge is 0.466 e. The second-order valence-electron chi connectivity index (χ2n) is 8.23. The summed E-state index contributed by atoms with van der Waals surface area (Å²) in [6.07, 6.45) is 3.56. The highest BCUT2D eigenvalue weighted by Crippen LogP contribution is 2.36. The Morgan fingerprint density at radius 3 is 2.29 bits per heavy atom. The van der Waals surface area contributed by atoms with Gasteiger partial charge in [-0.1, -0.05) is 72.2 Å². The van der Waals surface area contributed by atoms with Crippen molar-refractivity contribution in [2.45, 2.75) is 26.2 Å². The number of halogens is 1. The molecule has 0 N–H and O–H groups in total. The number of alkyl halides is 1. The van der Waals surface area contributed by atoms with E-state index in [9.17, 15) is 4.79 Å². The van der Waals surface area contributed by atoms with E-state index < -0.39 is 23.8 Å². The summed E-state index contributed by atoms with van der Waals surface area (Å²) in [5, 5.41) is 0.618. The number of nitrogens with zero attached hydrogens (tertiary/aromatic N) is 3. The number of benzene rings is 2. The lowest BCUT2D eigenvalue weighted by molar-refractivity contribution is -0.0784. The maximum atomic E-state index is 12.5. The molecule has 0 aliphatic carbocycles. The van der Waals surface area contributed by atoms with Crippen molar-refractivity contribution < 1.29 is 14.3 Å². The molecular weight excluding hydrogens is 458 g/mol. The molecule has 6 nitrogen and oxygen atoms in total. The third-order valence-electron chi connectivity index (χ3n) is 5.00. The lowest BCUT2D eigenvalue weighted by Crippen LogP contribution is -2.45. The van der Waals surface area contributed by atoms with Crippen molar-refractivity contribution >= 4 is 22.0 Å². The second-order valence-corrected chi connectivity index (χ2v) is 8.79. The van der Waals surface area contributed by atoms with Crippen molar-refractivity contribution in [3.63, 3.8) is 0 Å². The molecule has 0 bridgehead atoms. The molecule has 7 heteroatoms. The van der Waals surface area contributed by atoms with Gasteiger partial charge in [-0.3, -0.25) is 4.57 Å². The molecule has 164 valence electrons. The second kappa shape index (κ2) is 10.0. The third-order valence-corrected chi connectivity index (χ3v) is 6.45. The van der Waals surface area contributed by atoms with Crippen LogP contribution in [-0.2, 0) is 4.74 Å². The van der Waals surface area contributed by atoms with Crippen LogP contribution in [0.2, 0.25) is 0 Å². The van der Waals surface area contributed by atoms with E-state index >= 15 is 0 Å². The van der Waals surface area contributed by atoms with Crippen molar-refractivity contribution in [2.24, 2.45) is 5.41 Å². The first kappa shape index (κ1) is 22.9. The zero-order valence-electron chi connectivity index (χ0n) is 18.2. The summed E-state index contributed by atoms with van der Waals surface area (Å²) in [6, 6.07) is 18.1. The first-order valence-corrected chi connectivity index (χ1v) is 11.2. The van der Waals surface area contributed by atoms with Crippen molar-refractivity contribution in [3.8, 4) is 16.9 Å². The molecule has 1 amide bonds. The maximum absolute atomic E-state index is 12.5. The number of carbonyl (C=O) groups is 1. The van der Waals surface area contributed by atoms with E-state index in [1.54, 1.807) is 26.6 Å². The molecule has 0 aliphatic heterocycles. The zero-order chi connectivity index (χ0) is 22.4. The Morgan fingerprint density at radius 1 is 1.10 bits per heavy atom. The van der Waals surface area contributed by atoms with Crippen LogP contribution in [0, 0.1) is 5.41 Å². The Labute approximate surface area is 191 Å². The van der Waals surface area contributed by atoms with Gasteiger partial charge in [0, 0.05) is 37.2 Å². The number of ether oxygens (including phenoxy) is 2. The van der Waals surface area contributed by atoms with Crippen LogP contribution >= 0.6 is 15.9 Å². The van der Waals surface area contributed by atoms with Gasteiger partial charge < -0.3 is 14.4 Å². The summed E-state index contributed by atoms with van der Waals surface area (Å²) in [7, 11) is 3.33. The van der Waals surface area contributed by atoms with E-state index in [2.05, 4.69) is 33.0 Å². The predicted octanol–water partition coefficient (Wildman–Crippen LogP) is 5.62. The van der Waals surface area contributed by atoms with Crippen LogP contribution in [-0.4, -0.2) is 46.1 Å². The highest BCUT2D eigenvalue weighted by atomic mass is 79.9. The van der Waals surface area contributed by atoms with Crippen molar-refractivity contribution in [2.75, 3.05) is 19.4 Å². The number of carbonyl (C=O) groups excluding carboxylic acids is 1. The van der Waals surface area contributed by atoms with Crippen LogP contribution in [0.4, 0.5) is 4.79 Å². The van der Waals surface area contributed by atoms with Gasteiger partial charge in [0.15, 0.2) is 6.10 Å². The van der Waals surface area contributed by atoms with Crippen molar-refractivity contribution in [3.05, 3.63) is 73.3 Å². The van der Waals surface area contributed by atoms with Gasteiger partial charge in [-0.2, -0.15) is 0 Å². The molecule has 0 spiro atoms. The molecule has 0 radical (unpaired) electrons. The van der Waals surface area contributed by atoms with Crippen LogP contribution < -0.4 is 4.74 Å². The summed E-state index contributed by atoms with van der Waals surface area (Å²) in [6.45, 7) is 4.06. The highest BCUT2D eigenvalue weighted by molar-refractivity contribution is 9.09. The summed E-state index contributed by atoms with van der Waals surface area (Å²) < 4.78 is 14.1. The highest BCUT2D eigenvalue weighted by Gasteiger charge is 2.41. The number of imidazole rings is 1. The van der Waals surface area contributed by atoms with Gasteiger partial charge in [-0.05, 0) is 23.3 Å². The molecule has 3 aromatic rings. The van der Waals surface area contributed by atoms with Gasteiger partial charge >= 0.3 is 6.09 Å². The van der Waals surface area contributed by atoms with E-state index in [1.165, 1.54) is 4.90 Å². The van der Waals surface area contributed by atoms with Crippen molar-refractivity contribution in [1.29, 1.82) is 0 Å². The monoisotopic (exact) mass is 485 g/mol. The molecule has 1 aromatic heterocycles. The number of hydrogen-bond acceptors (Lipinski definition) is 4. The van der Waals surface area contributed by atoms with Crippen LogP contribution in [0.3, 0.4) is 0 Å². The molecule has 0 saturated heterocycles. The van der Waals surface area contributed by atoms with Gasteiger partial charge in [0.25, 0.3) is 0 Å². The van der Waals surface area contributed by atoms with E-state index in [-0.39, 0.29) is 0 Å². The summed E-state index contributed by atoms with van der Waals surface area (Å²) in [5.74, 6) is 0.676. The van der Waals surface area contributed by atoms with Gasteiger partial charge in [-0.15, -0.1) is 0 Å². The summed E-state index contributed by atoms with van der Waals surface area (Å²) in [4.78, 5) is 18.0. The summed E-state index contributed by atoms with van der Waals surface area (Å²) >= 11 is 3.57. The van der Waals surface area contributed by atoms with Gasteiger partial charge in [0.2, 0.25) is 6.23 Å². The van der Waals surface area contributed by atoms with E-state index in [4.69, 9.17) is 9.47 Å². The summed E-state index contributed by atoms with van der Waals surface area (Å²) in [5.41, 5.74) is 1.83. The van der Waals surface area contributed by atoms with Gasteiger partial charge in [0.1, 0.15) is 5.75 Å². The average molecular weight is 486 g/mol. The molecule has 2 atom stereocenters. The van der Waals surface area contributed by atoms with Crippen LogP contribution in [0.15, 0.2) is 73.3 Å². The van der Waals surface area contributed by atoms with Gasteiger partial charge in [0.05, 0.1) is 6.33 Å². The molecule has 1 heterocycles. The minimum atomic E-state index is -0.596. The Hall–Kier alpha value is -2.80. The maximum Gasteiger partial charge on any atom is 0.409 e. The van der Waals surface area contributed by atoms with Gasteiger partial charge in [-0.25, -0.2) is 9.78 Å². The standard InChI is InChI=1S/C24H28BrN3O3/c1-24(2,16-25)21(31-23(29)27(3)4)22(28-15-14-26-17-28)30-20-12-10-19(11-13-20)18-8-6-5-7-9-18/h5-15,17,21-22H,16H2,1-4H3. The minimum absolute atomic E-state index is 0.412. The average Bonchev–Trinajstić information content (AvgIpc) is 3.31. The third kappa shape index (κ3) is 5.67. The van der Waals surface area contributed by atoms with Crippen LogP contribution in [0.25, 0.3) is 11.1 Å². The molecule has 0 fully saturated rings. The SMILES string of the molecule is CN(C)C(=O)OC(C(Oc1ccc(-c2ccccc2)cc1)n1ccnc1)C(C)(C)CBr. The molecule has 0 saturated carbocycles. The molecule has 2 unspecified atom stereocenters. The fourth-order valence-electron chi connectivity index (χ4n) is 3.09. The van der Waals surface area contributed by atoms with E-state index in [0.29, 0.717) is 11.1 Å². The first-order valence-electron chi connectivity index (χ1n) is 10.1. The molecular formula is C24H28BrN3O3. The Bertz CT molecular complexity index is 958. The van der Waals surface area contributed by atoms with Crippen molar-refractivity contribution in [1.82, 2.24) is 14.5 Å². The number of amides is 1. The Balaban J connectivity index is 1.92. The lowest BCUT2D eigenvalue weighted by atomic mass is 9.87. The quantitative estimate of drug-likeness (QED) is 0.388. The Kier molecular flexibility index (Phi) is 7.38. The fourth-order valence-corrected chi connectivity index (χ4v) is 3.41. The molecule has 3 rings (SSSR count). The fraction of sp³-hybridized carbons (Fsp3) is 0.333. The van der Waals surface area contributed by atoms with Crippen LogP contribution in [0.5, 0.6) is 5.75 Å². The number of aromatic nitrogens is 2. The normalized spacial score (nSPS) is 13.3. The number of rotatable bonds is 8. The zero-order valence-corrected chi connectivity index (χ0v) is 19.8. The molecule has 0 aliphatic rings. The molecule has 2 aromatic carbocycles. The minimum Gasteiger partial charge on any atom is -0.466 e. The molecule has 31 heavy (non-hydrogen) atoms. The topological polar surface area (TPSA) is 56.6 Å².